The molecule has 1 fully saturated rings. The van der Waals surface area contributed by atoms with E-state index in [4.69, 9.17) is 46.8 Å². The number of epoxide rings is 1. The van der Waals surface area contributed by atoms with Crippen LogP contribution in [0.2, 0.25) is 10.1 Å². The predicted molar refractivity (Wildman–Crippen MR) is 463 cm³/mol. The summed E-state index contributed by atoms with van der Waals surface area (Å²) >= 11 is 0. The van der Waals surface area contributed by atoms with Gasteiger partial charge in [-0.3, -0.25) is 18.6 Å². The van der Waals surface area contributed by atoms with E-state index in [1.165, 1.54) is 45.9 Å². The number of esters is 2. The first-order valence-electron chi connectivity index (χ1n) is 39.9. The molecular weight excluding hydrogens is 1580 g/mol. The topological polar surface area (TPSA) is 299 Å². The molecule has 10 rings (SSSR count). The first-order chi connectivity index (χ1) is 55.3. The molecule has 0 spiro atoms. The fraction of sp³-hybridized carbons (Fsp3) is 0.452. The Morgan fingerprint density at radius 1 is 0.563 bits per heavy atom. The minimum Gasteiger partial charge on any atom is -0.662 e. The number of aromatic nitrogens is 2. The molecule has 7 aromatic carbocycles. The second-order valence-corrected chi connectivity index (χ2v) is 44.4. The molecule has 0 bridgehead atoms. The van der Waals surface area contributed by atoms with Crippen molar-refractivity contribution in [2.75, 3.05) is 53.9 Å². The molecule has 1 saturated heterocycles. The summed E-state index contributed by atoms with van der Waals surface area (Å²) in [4.78, 5) is 68.0. The average Bonchev–Trinajstić information content (AvgIpc) is 1.18. The maximum absolute atomic E-state index is 14.4. The summed E-state index contributed by atoms with van der Waals surface area (Å²) in [5.41, 5.74) is 0.410. The van der Waals surface area contributed by atoms with Gasteiger partial charge in [-0.05, 0) is 178 Å². The molecule has 26 heteroatoms. The van der Waals surface area contributed by atoms with Crippen molar-refractivity contribution >= 4 is 99.9 Å². The fourth-order valence-electron chi connectivity index (χ4n) is 16.1. The van der Waals surface area contributed by atoms with Gasteiger partial charge in [0.1, 0.15) is 11.2 Å². The molecule has 1 aliphatic heterocycles. The molecule has 0 radical (unpaired) electrons. The van der Waals surface area contributed by atoms with Crippen LogP contribution in [-0.2, 0) is 79.0 Å². The van der Waals surface area contributed by atoms with Gasteiger partial charge in [-0.25, -0.2) is 18.7 Å². The van der Waals surface area contributed by atoms with Gasteiger partial charge in [0, 0.05) is 48.6 Å². The number of methoxy groups -OCH3 is 2. The molecule has 22 nitrogen and oxygen atoms in total. The molecule has 0 aliphatic carbocycles. The number of para-hydroxylation sites is 2. The molecule has 0 amide bonds. The molecule has 1 aliphatic rings. The van der Waals surface area contributed by atoms with Crippen molar-refractivity contribution in [2.24, 2.45) is 11.8 Å². The predicted octanol–water partition coefficient (Wildman–Crippen LogP) is 11.5. The summed E-state index contributed by atoms with van der Waals surface area (Å²) in [6.07, 6.45) is 0.976. The normalized spacial score (nSPS) is 15.3. The number of aryl methyl sites for hydroxylation is 1. The monoisotopic (exact) mass is 1700 g/mol. The van der Waals surface area contributed by atoms with Crippen molar-refractivity contribution < 1.29 is 124 Å². The second-order valence-electron chi connectivity index (χ2n) is 34.2. The number of aliphatic hydroxyl groups excluding tert-OH is 2. The summed E-state index contributed by atoms with van der Waals surface area (Å²) < 4.78 is 79.4. The minimum atomic E-state index is -4.26. The number of ether oxygens (including phenoxy) is 5. The largest absolute Gasteiger partial charge is 1.00 e. The molecule has 9 aromatic rings. The zero-order chi connectivity index (χ0) is 86.0. The van der Waals surface area contributed by atoms with E-state index in [1.54, 1.807) is 52.0 Å². The van der Waals surface area contributed by atoms with E-state index in [0.717, 1.165) is 33.3 Å². The van der Waals surface area contributed by atoms with Crippen molar-refractivity contribution in [3.05, 3.63) is 222 Å². The third-order valence-electron chi connectivity index (χ3n) is 21.6. The molecule has 3 N–H and O–H groups in total. The van der Waals surface area contributed by atoms with Crippen molar-refractivity contribution in [1.29, 1.82) is 0 Å². The third kappa shape index (κ3) is 24.5. The first kappa shape index (κ1) is 99.8. The summed E-state index contributed by atoms with van der Waals surface area (Å²) in [6.45, 7) is 29.5. The van der Waals surface area contributed by atoms with Crippen LogP contribution in [-0.4, -0.2) is 156 Å². The third-order valence-corrected chi connectivity index (χ3v) is 32.9. The van der Waals surface area contributed by atoms with Gasteiger partial charge in [0.05, 0.1) is 66.4 Å². The van der Waals surface area contributed by atoms with Gasteiger partial charge in [0.2, 0.25) is 0 Å². The molecular formula is C93H123N2NaO20SSi2. The first-order valence-corrected chi connectivity index (χ1v) is 45.2. The number of fused-ring (bicyclic) bond motifs is 2. The smallest absolute Gasteiger partial charge is 0.662 e. The summed E-state index contributed by atoms with van der Waals surface area (Å²) in [7, 11) is -7.72. The van der Waals surface area contributed by atoms with Gasteiger partial charge in [0.25, 0.3) is 33.2 Å². The number of rotatable bonds is 33. The number of aliphatic hydroxyl groups is 3. The zero-order valence-corrected chi connectivity index (χ0v) is 76.7. The van der Waals surface area contributed by atoms with Crippen molar-refractivity contribution in [3.8, 4) is 0 Å². The maximum atomic E-state index is 14.4. The van der Waals surface area contributed by atoms with Crippen molar-refractivity contribution in [2.45, 2.75) is 212 Å². The zero-order valence-electron chi connectivity index (χ0n) is 71.8. The van der Waals surface area contributed by atoms with E-state index in [-0.39, 0.29) is 117 Å². The van der Waals surface area contributed by atoms with Gasteiger partial charge in [-0.2, -0.15) is 8.42 Å². The van der Waals surface area contributed by atoms with Crippen LogP contribution in [0.3, 0.4) is 0 Å². The molecule has 2 unspecified atom stereocenters. The van der Waals surface area contributed by atoms with Crippen LogP contribution in [0.25, 0.3) is 21.8 Å². The Kier molecular flexibility index (Phi) is 36.2. The number of carbonyl (C=O) groups excluding carboxylic acids is 5. The number of benzene rings is 7. The molecule has 119 heavy (non-hydrogen) atoms. The number of hydrogen-bond donors (Lipinski definition) is 3. The van der Waals surface area contributed by atoms with Crippen LogP contribution in [0.5, 0.6) is 0 Å². The Balaban J connectivity index is 0.000000353. The Labute approximate surface area is 727 Å². The van der Waals surface area contributed by atoms with Crippen LogP contribution in [0.15, 0.2) is 199 Å². The van der Waals surface area contributed by atoms with E-state index >= 15 is 0 Å². The Bertz CT molecular complexity index is 4780. The van der Waals surface area contributed by atoms with Crippen molar-refractivity contribution in [1.82, 2.24) is 9.13 Å². The van der Waals surface area contributed by atoms with Crippen LogP contribution >= 0.6 is 0 Å². The van der Waals surface area contributed by atoms with Crippen LogP contribution < -0.4 is 55.6 Å². The Hall–Kier alpha value is -7.97. The molecule has 2 aromatic heterocycles. The van der Waals surface area contributed by atoms with Gasteiger partial charge < -0.3 is 58.0 Å². The van der Waals surface area contributed by atoms with E-state index in [9.17, 15) is 42.9 Å². The SMILES string of the molecule is C.CC[C@@](O)(COS(=O)(=O)c1ccc(C)cc1)C[C@H](CO[Si](c1ccccc1)(c1ccccc1)C(C)(C)C)CC(C(=O)OC)c1c(CCO)c2ccccc2n1C(=O)OC(C)(C)C.CC[C@]1(C[C@H](CO[Si](c2ccccc2)(c2ccccc2)C(C)(C)C)CC(C(=O)OC)c2c(CCO)c3ccccc3n2C(=O)OC(C)(C)C)CO1.O=CO[O-].[Na+]. The fourth-order valence-corrected chi connectivity index (χ4v) is 26.3. The molecule has 3 heterocycles. The molecule has 6 atom stereocenters. The van der Waals surface area contributed by atoms with Gasteiger partial charge in [-0.15, -0.1) is 0 Å². The Morgan fingerprint density at radius 3 is 1.22 bits per heavy atom. The van der Waals surface area contributed by atoms with Crippen LogP contribution in [0, 0.1) is 18.8 Å². The number of carbonyl (C=O) groups is 5. The van der Waals surface area contributed by atoms with Crippen LogP contribution in [0.4, 0.5) is 9.59 Å². The summed E-state index contributed by atoms with van der Waals surface area (Å²) in [5.74, 6) is -3.90. The molecule has 640 valence electrons. The summed E-state index contributed by atoms with van der Waals surface area (Å²) in [6, 6.07) is 62.2. The second kappa shape index (κ2) is 43.2. The average molecular weight is 1700 g/mol. The van der Waals surface area contributed by atoms with Gasteiger partial charge in [-0.1, -0.05) is 238 Å². The number of hydrogen-bond acceptors (Lipinski definition) is 20. The standard InChI is InChI=1S/C49H63NO10SSi.C42H55NO7Si.CH2O3.CH4.Na/c1-10-49(54,34-58-61(55,56)37-27-25-35(2)26-28-37)32-36(33-59-62(48(6,7)8,38-19-13-11-14-20-38)39-21-15-12-16-22-39)31-42(45(52)57-9)44-41(29-30-51)40-23-17-18-24-43(40)50(44)46(53)60-47(3,4)5;1-9-42(29-48-42)27-30(28-49-51(41(5,6)7,31-18-12-10-13-19-31)32-20-14-11-15-21-32)26-35(38(45)47-8)37-34(24-25-44)33-22-16-17-23-36(33)43(37)39(46)50-40(2,3)4;2-1-4-3;;/h11-28,36,42,51,54H,10,29-34H2,1-9H3;10-23,30,35,44H,9,24-29H2,1-8H3;1,3H;1H4;/q;;;;+1/p-1/t36-,42?,49+;30-,35?,42+;;;/m11.../s1. The van der Waals surface area contributed by atoms with E-state index in [1.807, 2.05) is 113 Å². The van der Waals surface area contributed by atoms with Gasteiger partial charge >= 0.3 is 53.7 Å². The van der Waals surface area contributed by atoms with E-state index in [0.29, 0.717) is 59.4 Å². The van der Waals surface area contributed by atoms with Crippen molar-refractivity contribution in [3.63, 3.8) is 0 Å². The summed E-state index contributed by atoms with van der Waals surface area (Å²) in [5, 5.41) is 46.7. The maximum Gasteiger partial charge on any atom is 1.00 e. The molecule has 0 saturated carbocycles. The Morgan fingerprint density at radius 2 is 0.908 bits per heavy atom. The minimum absolute atomic E-state index is 0. The van der Waals surface area contributed by atoms with Gasteiger partial charge in [0.15, 0.2) is 0 Å². The van der Waals surface area contributed by atoms with Crippen LogP contribution in [0.1, 0.15) is 183 Å². The van der Waals surface area contributed by atoms with E-state index in [2.05, 4.69) is 126 Å². The quantitative estimate of drug-likeness (QED) is 0.00503. The number of nitrogens with zero attached hydrogens (tertiary/aromatic N) is 2. The van der Waals surface area contributed by atoms with E-state index < -0.39 is 97.1 Å².